The van der Waals surface area contributed by atoms with Crippen molar-refractivity contribution in [3.05, 3.63) is 57.9 Å². The van der Waals surface area contributed by atoms with Gasteiger partial charge in [-0.25, -0.2) is 12.8 Å². The third-order valence-electron chi connectivity index (χ3n) is 5.21. The van der Waals surface area contributed by atoms with Gasteiger partial charge in [0.2, 0.25) is 10.0 Å². The third kappa shape index (κ3) is 3.65. The number of nitrogens with zero attached hydrogens (tertiary/aromatic N) is 2. The fourth-order valence-corrected chi connectivity index (χ4v) is 5.44. The number of hydrogen-bond donors (Lipinski definition) is 1. The molecule has 1 N–H and O–H groups in total. The number of halogens is 1. The number of para-hydroxylation sites is 1. The van der Waals surface area contributed by atoms with Crippen LogP contribution in [0.5, 0.6) is 5.75 Å². The fourth-order valence-electron chi connectivity index (χ4n) is 3.75. The quantitative estimate of drug-likeness (QED) is 0.586. The molecule has 4 rings (SSSR count). The summed E-state index contributed by atoms with van der Waals surface area (Å²) >= 11 is 0. The number of nitro groups is 1. The molecule has 2 aliphatic heterocycles. The van der Waals surface area contributed by atoms with Crippen molar-refractivity contribution in [2.45, 2.75) is 30.2 Å². The van der Waals surface area contributed by atoms with Crippen molar-refractivity contribution in [1.29, 1.82) is 0 Å². The van der Waals surface area contributed by atoms with Crippen LogP contribution >= 0.6 is 0 Å². The van der Waals surface area contributed by atoms with E-state index in [1.165, 1.54) is 22.5 Å². The van der Waals surface area contributed by atoms with Gasteiger partial charge in [-0.1, -0.05) is 12.1 Å². The van der Waals surface area contributed by atoms with E-state index >= 15 is 0 Å². The van der Waals surface area contributed by atoms with Crippen molar-refractivity contribution in [1.82, 2.24) is 4.31 Å². The highest BCUT2D eigenvalue weighted by Crippen LogP contribution is 2.38. The zero-order valence-electron chi connectivity index (χ0n) is 15.5. The van der Waals surface area contributed by atoms with E-state index in [1.54, 1.807) is 12.1 Å². The van der Waals surface area contributed by atoms with Gasteiger partial charge in [0.05, 0.1) is 23.3 Å². The van der Waals surface area contributed by atoms with Gasteiger partial charge >= 0.3 is 0 Å². The molecule has 10 heteroatoms. The van der Waals surface area contributed by atoms with Gasteiger partial charge in [0.1, 0.15) is 4.90 Å². The average molecular weight is 421 g/mol. The second kappa shape index (κ2) is 7.60. The Bertz CT molecular complexity index is 1050. The Balaban J connectivity index is 1.75. The van der Waals surface area contributed by atoms with E-state index in [0.29, 0.717) is 25.1 Å². The molecule has 2 aromatic carbocycles. The molecule has 0 unspecified atom stereocenters. The lowest BCUT2D eigenvalue weighted by Crippen LogP contribution is -2.29. The van der Waals surface area contributed by atoms with Crippen LogP contribution in [0.15, 0.2) is 41.3 Å². The van der Waals surface area contributed by atoms with Crippen molar-refractivity contribution in [2.24, 2.45) is 0 Å². The Labute approximate surface area is 167 Å². The predicted molar refractivity (Wildman–Crippen MR) is 104 cm³/mol. The van der Waals surface area contributed by atoms with Gasteiger partial charge < -0.3 is 10.1 Å². The molecule has 0 saturated carbocycles. The van der Waals surface area contributed by atoms with Crippen LogP contribution in [0.4, 0.5) is 15.8 Å². The number of ether oxygens (including phenoxy) is 1. The van der Waals surface area contributed by atoms with Crippen LogP contribution in [0.1, 0.15) is 30.9 Å². The van der Waals surface area contributed by atoms with Crippen molar-refractivity contribution < 1.29 is 22.5 Å². The normalized spacial score (nSPS) is 19.4. The molecule has 1 saturated heterocycles. The number of sulfonamides is 1. The van der Waals surface area contributed by atoms with E-state index in [4.69, 9.17) is 4.74 Å². The summed E-state index contributed by atoms with van der Waals surface area (Å²) in [5, 5.41) is 14.4. The van der Waals surface area contributed by atoms with Gasteiger partial charge in [-0.15, -0.1) is 0 Å². The maximum absolute atomic E-state index is 14.1. The molecule has 0 aliphatic carbocycles. The molecule has 0 amide bonds. The Morgan fingerprint density at radius 3 is 2.69 bits per heavy atom. The zero-order chi connectivity index (χ0) is 20.6. The number of nitrogens with one attached hydrogen (secondary N) is 1. The first-order valence-electron chi connectivity index (χ1n) is 9.34. The summed E-state index contributed by atoms with van der Waals surface area (Å²) < 4.78 is 47.1. The van der Waals surface area contributed by atoms with E-state index in [1.807, 2.05) is 0 Å². The van der Waals surface area contributed by atoms with Crippen LogP contribution in [0.2, 0.25) is 0 Å². The van der Waals surface area contributed by atoms with Crippen LogP contribution in [-0.4, -0.2) is 37.3 Å². The second-order valence-corrected chi connectivity index (χ2v) is 8.95. The van der Waals surface area contributed by atoms with Gasteiger partial charge in [-0.05, 0) is 25.0 Å². The molecule has 1 atom stereocenters. The number of hydrogen-bond acceptors (Lipinski definition) is 6. The summed E-state index contributed by atoms with van der Waals surface area (Å²) in [4.78, 5) is 10.5. The summed E-state index contributed by atoms with van der Waals surface area (Å²) in [6, 6.07) is 7.94. The lowest BCUT2D eigenvalue weighted by atomic mass is 10.00. The van der Waals surface area contributed by atoms with Crippen molar-refractivity contribution in [3.63, 3.8) is 0 Å². The average Bonchev–Trinajstić information content (AvgIpc) is 3.24. The monoisotopic (exact) mass is 421 g/mol. The molecular formula is C19H20FN3O5S. The minimum atomic E-state index is -3.90. The van der Waals surface area contributed by atoms with Gasteiger partial charge in [-0.2, -0.15) is 4.31 Å². The maximum Gasteiger partial charge on any atom is 0.270 e. The SMILES string of the molecule is O=[N+]([O-])c1ccc(N[C@H]2CCOc3c(F)cccc32)c(S(=O)(=O)N2CCCC2)c1. The third-order valence-corrected chi connectivity index (χ3v) is 7.15. The summed E-state index contributed by atoms with van der Waals surface area (Å²) in [7, 11) is -3.90. The van der Waals surface area contributed by atoms with Crippen LogP contribution in [0.3, 0.4) is 0 Å². The molecule has 1 fully saturated rings. The van der Waals surface area contributed by atoms with Gasteiger partial charge in [0, 0.05) is 37.2 Å². The van der Waals surface area contributed by atoms with E-state index in [0.717, 1.165) is 18.9 Å². The molecule has 154 valence electrons. The Morgan fingerprint density at radius 2 is 1.97 bits per heavy atom. The lowest BCUT2D eigenvalue weighted by Gasteiger charge is -2.28. The first kappa shape index (κ1) is 19.6. The smallest absolute Gasteiger partial charge is 0.270 e. The molecule has 0 bridgehead atoms. The molecule has 2 aliphatic rings. The molecule has 0 spiro atoms. The van der Waals surface area contributed by atoms with Crippen LogP contribution < -0.4 is 10.1 Å². The van der Waals surface area contributed by atoms with Crippen LogP contribution in [0.25, 0.3) is 0 Å². The molecule has 2 aromatic rings. The topological polar surface area (TPSA) is 102 Å². The fraction of sp³-hybridized carbons (Fsp3) is 0.368. The largest absolute Gasteiger partial charge is 0.490 e. The van der Waals surface area contributed by atoms with Gasteiger partial charge in [-0.3, -0.25) is 10.1 Å². The summed E-state index contributed by atoms with van der Waals surface area (Å²) in [5.74, 6) is -0.343. The summed E-state index contributed by atoms with van der Waals surface area (Å²) in [5.41, 5.74) is 0.537. The van der Waals surface area contributed by atoms with E-state index < -0.39 is 20.8 Å². The Hall–Kier alpha value is -2.72. The highest BCUT2D eigenvalue weighted by molar-refractivity contribution is 7.89. The molecule has 0 aromatic heterocycles. The first-order valence-corrected chi connectivity index (χ1v) is 10.8. The highest BCUT2D eigenvalue weighted by Gasteiger charge is 2.32. The second-order valence-electron chi connectivity index (χ2n) is 7.04. The Morgan fingerprint density at radius 1 is 1.21 bits per heavy atom. The molecule has 0 radical (unpaired) electrons. The standard InChI is InChI=1S/C19H20FN3O5S/c20-15-5-3-4-14-16(8-11-28-19(14)15)21-17-7-6-13(23(24)25)12-18(17)29(26,27)22-9-1-2-10-22/h3-7,12,16,21H,1-2,8-11H2/t16-/m0/s1. The maximum atomic E-state index is 14.1. The van der Waals surface area contributed by atoms with E-state index in [2.05, 4.69) is 5.32 Å². The van der Waals surface area contributed by atoms with Crippen LogP contribution in [-0.2, 0) is 10.0 Å². The number of benzene rings is 2. The van der Waals surface area contributed by atoms with Gasteiger partial charge in [0.25, 0.3) is 5.69 Å². The molecule has 8 nitrogen and oxygen atoms in total. The summed E-state index contributed by atoms with van der Waals surface area (Å²) in [6.07, 6.45) is 2.00. The molecule has 2 heterocycles. The van der Waals surface area contributed by atoms with Crippen molar-refractivity contribution in [3.8, 4) is 5.75 Å². The van der Waals surface area contributed by atoms with E-state index in [-0.39, 0.29) is 34.7 Å². The number of anilines is 1. The number of fused-ring (bicyclic) bond motifs is 1. The minimum Gasteiger partial charge on any atom is -0.490 e. The predicted octanol–water partition coefficient (Wildman–Crippen LogP) is 3.45. The number of nitro benzene ring substituents is 1. The zero-order valence-corrected chi connectivity index (χ0v) is 16.3. The van der Waals surface area contributed by atoms with E-state index in [9.17, 15) is 22.9 Å². The lowest BCUT2D eigenvalue weighted by molar-refractivity contribution is -0.385. The van der Waals surface area contributed by atoms with Crippen molar-refractivity contribution in [2.75, 3.05) is 25.0 Å². The first-order chi connectivity index (χ1) is 13.9. The van der Waals surface area contributed by atoms with Crippen molar-refractivity contribution >= 4 is 21.4 Å². The van der Waals surface area contributed by atoms with Gasteiger partial charge in [0.15, 0.2) is 11.6 Å². The molecule has 29 heavy (non-hydrogen) atoms. The number of rotatable bonds is 5. The summed E-state index contributed by atoms with van der Waals surface area (Å²) in [6.45, 7) is 1.04. The molecular weight excluding hydrogens is 401 g/mol. The highest BCUT2D eigenvalue weighted by atomic mass is 32.2. The number of non-ortho nitro benzene ring substituents is 1. The van der Waals surface area contributed by atoms with Crippen LogP contribution in [0, 0.1) is 15.9 Å². The Kier molecular flexibility index (Phi) is 5.13. The minimum absolute atomic E-state index is 0.141.